The molecule has 0 aliphatic heterocycles. The number of likely N-dealkylation sites (N-methyl/N-ethyl adjacent to an activating group) is 2. The van der Waals surface area contributed by atoms with Gasteiger partial charge in [-0.15, -0.1) is 0 Å². The van der Waals surface area contributed by atoms with E-state index in [2.05, 4.69) is 10.3 Å². The van der Waals surface area contributed by atoms with E-state index >= 15 is 0 Å². The number of rotatable bonds is 5. The fraction of sp³-hybridized carbons (Fsp3) is 0.364. The number of hydrogen-bond acceptors (Lipinski definition) is 4. The van der Waals surface area contributed by atoms with Crippen molar-refractivity contribution in [1.82, 2.24) is 10.3 Å². The van der Waals surface area contributed by atoms with Crippen LogP contribution in [-0.2, 0) is 4.79 Å². The van der Waals surface area contributed by atoms with Gasteiger partial charge in [0.25, 0.3) is 0 Å². The van der Waals surface area contributed by atoms with Gasteiger partial charge in [-0.25, -0.2) is 0 Å². The average Bonchev–Trinajstić information content (AvgIpc) is 2.29. The van der Waals surface area contributed by atoms with Gasteiger partial charge in [-0.2, -0.15) is 0 Å². The Morgan fingerprint density at radius 2 is 2.35 bits per heavy atom. The maximum Gasteiger partial charge on any atom is 0.239 e. The lowest BCUT2D eigenvalue weighted by molar-refractivity contribution is -0.119. The first-order valence-corrected chi connectivity index (χ1v) is 5.68. The van der Waals surface area contributed by atoms with E-state index in [0.29, 0.717) is 11.5 Å². The number of nitrogens with zero attached hydrogens (tertiary/aromatic N) is 2. The minimum Gasteiger partial charge on any atom is -0.389 e. The van der Waals surface area contributed by atoms with E-state index in [1.807, 2.05) is 6.92 Å². The molecule has 0 saturated carbocycles. The topological polar surface area (TPSA) is 71.2 Å². The van der Waals surface area contributed by atoms with Crippen molar-refractivity contribution in [2.75, 3.05) is 25.0 Å². The first kappa shape index (κ1) is 13.4. The van der Waals surface area contributed by atoms with Gasteiger partial charge in [-0.05, 0) is 13.0 Å². The molecule has 0 saturated heterocycles. The summed E-state index contributed by atoms with van der Waals surface area (Å²) < 4.78 is 0. The van der Waals surface area contributed by atoms with E-state index in [1.165, 1.54) is 0 Å². The molecule has 3 N–H and O–H groups in total. The predicted octanol–water partition coefficient (Wildman–Crippen LogP) is 0.288. The molecule has 1 aromatic heterocycles. The Bertz CT molecular complexity index is 422. The minimum atomic E-state index is -0.0484. The van der Waals surface area contributed by atoms with Crippen LogP contribution in [0.5, 0.6) is 0 Å². The quantitative estimate of drug-likeness (QED) is 0.737. The van der Waals surface area contributed by atoms with Crippen LogP contribution in [0.25, 0.3) is 0 Å². The van der Waals surface area contributed by atoms with E-state index in [1.54, 1.807) is 30.4 Å². The van der Waals surface area contributed by atoms with Crippen molar-refractivity contribution >= 4 is 28.8 Å². The van der Waals surface area contributed by atoms with Gasteiger partial charge in [0.15, 0.2) is 0 Å². The SMILES string of the molecule is CCNC(=O)CN(C)c1cnccc1C(N)=S. The van der Waals surface area contributed by atoms with Crippen LogP contribution in [-0.4, -0.2) is 36.0 Å². The second kappa shape index (κ2) is 6.15. The molecule has 6 heteroatoms. The first-order chi connectivity index (χ1) is 8.06. The third kappa shape index (κ3) is 3.67. The Balaban J connectivity index is 2.85. The van der Waals surface area contributed by atoms with Crippen LogP contribution in [0.4, 0.5) is 5.69 Å². The molecule has 0 aromatic carbocycles. The number of nitrogens with one attached hydrogen (secondary N) is 1. The average molecular weight is 252 g/mol. The van der Waals surface area contributed by atoms with Gasteiger partial charge >= 0.3 is 0 Å². The molecule has 1 amide bonds. The molecule has 0 radical (unpaired) electrons. The zero-order chi connectivity index (χ0) is 12.8. The van der Waals surface area contributed by atoms with E-state index in [-0.39, 0.29) is 12.5 Å². The maximum absolute atomic E-state index is 11.5. The van der Waals surface area contributed by atoms with Crippen molar-refractivity contribution in [3.63, 3.8) is 0 Å². The molecule has 0 unspecified atom stereocenters. The molecule has 1 aromatic rings. The fourth-order valence-electron chi connectivity index (χ4n) is 1.45. The number of aromatic nitrogens is 1. The Labute approximate surface area is 106 Å². The van der Waals surface area contributed by atoms with Crippen molar-refractivity contribution in [2.24, 2.45) is 5.73 Å². The largest absolute Gasteiger partial charge is 0.389 e. The fourth-order valence-corrected chi connectivity index (χ4v) is 1.62. The summed E-state index contributed by atoms with van der Waals surface area (Å²) in [5, 5.41) is 2.73. The molecule has 0 fully saturated rings. The molecular formula is C11H16N4OS. The zero-order valence-electron chi connectivity index (χ0n) is 9.93. The van der Waals surface area contributed by atoms with Crippen LogP contribution in [0, 0.1) is 0 Å². The van der Waals surface area contributed by atoms with Gasteiger partial charge in [-0.3, -0.25) is 9.78 Å². The van der Waals surface area contributed by atoms with Crippen molar-refractivity contribution < 1.29 is 4.79 Å². The van der Waals surface area contributed by atoms with Gasteiger partial charge < -0.3 is 16.0 Å². The van der Waals surface area contributed by atoms with Gasteiger partial charge in [0, 0.05) is 25.4 Å². The summed E-state index contributed by atoms with van der Waals surface area (Å²) in [7, 11) is 1.80. The van der Waals surface area contributed by atoms with E-state index in [0.717, 1.165) is 11.3 Å². The molecule has 92 valence electrons. The monoisotopic (exact) mass is 252 g/mol. The van der Waals surface area contributed by atoms with Crippen LogP contribution in [0.3, 0.4) is 0 Å². The molecule has 0 bridgehead atoms. The van der Waals surface area contributed by atoms with Crippen LogP contribution in [0.1, 0.15) is 12.5 Å². The molecule has 1 heterocycles. The summed E-state index contributed by atoms with van der Waals surface area (Å²) in [5.41, 5.74) is 7.10. The van der Waals surface area contributed by atoms with Gasteiger partial charge in [-0.1, -0.05) is 12.2 Å². The van der Waals surface area contributed by atoms with Crippen molar-refractivity contribution in [3.8, 4) is 0 Å². The van der Waals surface area contributed by atoms with Crippen LogP contribution in [0.2, 0.25) is 0 Å². The van der Waals surface area contributed by atoms with Crippen molar-refractivity contribution in [3.05, 3.63) is 24.0 Å². The summed E-state index contributed by atoms with van der Waals surface area (Å²) in [6, 6.07) is 1.74. The van der Waals surface area contributed by atoms with Crippen LogP contribution >= 0.6 is 12.2 Å². The van der Waals surface area contributed by atoms with E-state index in [4.69, 9.17) is 18.0 Å². The van der Waals surface area contributed by atoms with Gasteiger partial charge in [0.05, 0.1) is 18.4 Å². The predicted molar refractivity (Wildman–Crippen MR) is 72.1 cm³/mol. The van der Waals surface area contributed by atoms with Crippen molar-refractivity contribution in [2.45, 2.75) is 6.92 Å². The molecule has 0 aliphatic rings. The molecule has 5 nitrogen and oxygen atoms in total. The van der Waals surface area contributed by atoms with Crippen LogP contribution in [0.15, 0.2) is 18.5 Å². The van der Waals surface area contributed by atoms with Gasteiger partial charge in [0.2, 0.25) is 5.91 Å². The summed E-state index contributed by atoms with van der Waals surface area (Å²) in [6.07, 6.45) is 3.27. The van der Waals surface area contributed by atoms with E-state index < -0.39 is 0 Å². The highest BCUT2D eigenvalue weighted by molar-refractivity contribution is 7.80. The molecule has 0 aliphatic carbocycles. The lowest BCUT2D eigenvalue weighted by atomic mass is 10.2. The second-order valence-corrected chi connectivity index (χ2v) is 4.01. The number of anilines is 1. The number of carbonyl (C=O) groups excluding carboxylic acids is 1. The number of carbonyl (C=O) groups is 1. The maximum atomic E-state index is 11.5. The highest BCUT2D eigenvalue weighted by Gasteiger charge is 2.12. The highest BCUT2D eigenvalue weighted by atomic mass is 32.1. The third-order valence-corrected chi connectivity index (χ3v) is 2.45. The highest BCUT2D eigenvalue weighted by Crippen LogP contribution is 2.17. The number of pyridine rings is 1. The third-order valence-electron chi connectivity index (χ3n) is 2.23. The smallest absolute Gasteiger partial charge is 0.239 e. The first-order valence-electron chi connectivity index (χ1n) is 5.28. The summed E-state index contributed by atoms with van der Waals surface area (Å²) >= 11 is 4.96. The number of hydrogen-bond donors (Lipinski definition) is 2. The van der Waals surface area contributed by atoms with Crippen LogP contribution < -0.4 is 16.0 Å². The Morgan fingerprint density at radius 3 is 2.94 bits per heavy atom. The molecule has 0 spiro atoms. The lowest BCUT2D eigenvalue weighted by Gasteiger charge is -2.20. The second-order valence-electron chi connectivity index (χ2n) is 3.57. The van der Waals surface area contributed by atoms with Crippen molar-refractivity contribution in [1.29, 1.82) is 0 Å². The summed E-state index contributed by atoms with van der Waals surface area (Å²) in [5.74, 6) is -0.0484. The van der Waals surface area contributed by atoms with E-state index in [9.17, 15) is 4.79 Å². The van der Waals surface area contributed by atoms with Gasteiger partial charge in [0.1, 0.15) is 4.99 Å². The molecular weight excluding hydrogens is 236 g/mol. The summed E-state index contributed by atoms with van der Waals surface area (Å²) in [6.45, 7) is 2.74. The Kier molecular flexibility index (Phi) is 4.84. The number of thiocarbonyl (C=S) groups is 1. The molecule has 17 heavy (non-hydrogen) atoms. The number of nitrogens with two attached hydrogens (primary N) is 1. The Morgan fingerprint density at radius 1 is 1.65 bits per heavy atom. The minimum absolute atomic E-state index is 0.0484. The molecule has 1 rings (SSSR count). The standard InChI is InChI=1S/C11H16N4OS/c1-3-14-10(16)7-15(2)9-6-13-5-4-8(9)11(12)17/h4-6H,3,7H2,1-2H3,(H2,12,17)(H,14,16). The normalized spacial score (nSPS) is 9.76. The summed E-state index contributed by atoms with van der Waals surface area (Å²) in [4.78, 5) is 17.6. The molecule has 0 atom stereocenters. The zero-order valence-corrected chi connectivity index (χ0v) is 10.8. The Hall–Kier alpha value is -1.69. The lowest BCUT2D eigenvalue weighted by Crippen LogP contribution is -2.35. The number of amides is 1.